The number of carbonyl (C=O) groups is 3. The second-order valence-corrected chi connectivity index (χ2v) is 8.41. The number of fused-ring (bicyclic) bond motifs is 1. The fourth-order valence-corrected chi connectivity index (χ4v) is 4.82. The number of amides is 3. The summed E-state index contributed by atoms with van der Waals surface area (Å²) in [5.74, 6) is -0.944. The Hall–Kier alpha value is -2.84. The quantitative estimate of drug-likeness (QED) is 0.427. The van der Waals surface area contributed by atoms with Gasteiger partial charge in [0.15, 0.2) is 4.80 Å². The van der Waals surface area contributed by atoms with Gasteiger partial charge in [-0.2, -0.15) is 4.99 Å². The summed E-state index contributed by atoms with van der Waals surface area (Å²) in [5.41, 5.74) is 1.68. The molecule has 3 amide bonds. The third-order valence-corrected chi connectivity index (χ3v) is 6.09. The summed E-state index contributed by atoms with van der Waals surface area (Å²) in [5, 5.41) is 0. The second-order valence-electron chi connectivity index (χ2n) is 6.49. The van der Waals surface area contributed by atoms with Crippen LogP contribution >= 0.6 is 27.3 Å². The van der Waals surface area contributed by atoms with Crippen molar-refractivity contribution < 1.29 is 14.4 Å². The van der Waals surface area contributed by atoms with Crippen LogP contribution in [0.4, 0.5) is 5.69 Å². The number of halogens is 1. The maximum atomic E-state index is 12.8. The number of thiazole rings is 1. The van der Waals surface area contributed by atoms with Crippen LogP contribution in [0.2, 0.25) is 0 Å². The minimum Gasteiger partial charge on any atom is -0.312 e. The zero-order valence-corrected chi connectivity index (χ0v) is 17.7. The number of hydrogen-bond acceptors (Lipinski definition) is 4. The first-order valence-electron chi connectivity index (χ1n) is 8.92. The van der Waals surface area contributed by atoms with Gasteiger partial charge in [-0.25, -0.2) is 0 Å². The van der Waals surface area contributed by atoms with Crippen molar-refractivity contribution in [3.63, 3.8) is 0 Å². The summed E-state index contributed by atoms with van der Waals surface area (Å²) in [6, 6.07) is 12.3. The highest BCUT2D eigenvalue weighted by molar-refractivity contribution is 9.10. The average molecular weight is 470 g/mol. The first-order chi connectivity index (χ1) is 14.0. The predicted molar refractivity (Wildman–Crippen MR) is 116 cm³/mol. The molecule has 2 aromatic carbocycles. The monoisotopic (exact) mass is 469 g/mol. The lowest BCUT2D eigenvalue weighted by atomic mass is 10.2. The molecule has 0 aliphatic carbocycles. The van der Waals surface area contributed by atoms with E-state index in [0.717, 1.165) is 19.6 Å². The molecule has 8 heteroatoms. The van der Waals surface area contributed by atoms with E-state index in [1.165, 1.54) is 17.4 Å². The van der Waals surface area contributed by atoms with E-state index in [-0.39, 0.29) is 24.7 Å². The number of allylic oxidation sites excluding steroid dienone is 1. The first kappa shape index (κ1) is 19.5. The first-order valence-corrected chi connectivity index (χ1v) is 10.5. The lowest BCUT2D eigenvalue weighted by Gasteiger charge is -2.14. The zero-order chi connectivity index (χ0) is 20.5. The fraction of sp³-hybridized carbons (Fsp3) is 0.143. The molecule has 6 nitrogen and oxygen atoms in total. The molecule has 0 N–H and O–H groups in total. The lowest BCUT2D eigenvalue weighted by Crippen LogP contribution is -2.28. The van der Waals surface area contributed by atoms with Crippen molar-refractivity contribution >= 4 is 60.9 Å². The Morgan fingerprint density at radius 3 is 2.66 bits per heavy atom. The standard InChI is InChI=1S/C21H16BrN3O3S/c1-2-10-24-16-7-6-14(22)12-17(16)29-21(24)23-20(28)13-4-3-5-15(11-13)25-18(26)8-9-19(25)27/h2-7,11-12H,1,8-10H2. The molecule has 146 valence electrons. The summed E-state index contributed by atoms with van der Waals surface area (Å²) in [4.78, 5) is 42.8. The molecule has 4 rings (SSSR count). The Labute approximate surface area is 178 Å². The van der Waals surface area contributed by atoms with E-state index in [1.807, 2.05) is 22.8 Å². The van der Waals surface area contributed by atoms with Crippen LogP contribution in [0.1, 0.15) is 23.2 Å². The van der Waals surface area contributed by atoms with Gasteiger partial charge in [0.05, 0.1) is 15.9 Å². The normalized spacial score (nSPS) is 14.8. The van der Waals surface area contributed by atoms with Gasteiger partial charge >= 0.3 is 0 Å². The molecule has 0 saturated carbocycles. The molecule has 29 heavy (non-hydrogen) atoms. The van der Waals surface area contributed by atoms with Crippen LogP contribution in [0, 0.1) is 0 Å². The summed E-state index contributed by atoms with van der Waals surface area (Å²) in [7, 11) is 0. The summed E-state index contributed by atoms with van der Waals surface area (Å²) in [6.45, 7) is 4.31. The number of imide groups is 1. The van der Waals surface area contributed by atoms with Crippen molar-refractivity contribution in [1.29, 1.82) is 0 Å². The topological polar surface area (TPSA) is 71.7 Å². The van der Waals surface area contributed by atoms with E-state index in [1.54, 1.807) is 24.3 Å². The molecule has 0 atom stereocenters. The van der Waals surface area contributed by atoms with Crippen LogP contribution in [0.3, 0.4) is 0 Å². The molecule has 1 aliphatic rings. The Bertz CT molecular complexity index is 1230. The Morgan fingerprint density at radius 2 is 1.93 bits per heavy atom. The highest BCUT2D eigenvalue weighted by atomic mass is 79.9. The van der Waals surface area contributed by atoms with E-state index in [9.17, 15) is 14.4 Å². The molecule has 1 fully saturated rings. The average Bonchev–Trinajstić information content (AvgIpc) is 3.21. The number of anilines is 1. The number of hydrogen-bond donors (Lipinski definition) is 0. The zero-order valence-electron chi connectivity index (χ0n) is 15.3. The Balaban J connectivity index is 1.76. The van der Waals surface area contributed by atoms with Gasteiger partial charge < -0.3 is 4.57 Å². The van der Waals surface area contributed by atoms with Crippen LogP contribution in [-0.2, 0) is 16.1 Å². The van der Waals surface area contributed by atoms with Crippen molar-refractivity contribution in [3.8, 4) is 0 Å². The van der Waals surface area contributed by atoms with Crippen LogP contribution in [0.15, 0.2) is 64.6 Å². The molecule has 0 spiro atoms. The fourth-order valence-electron chi connectivity index (χ4n) is 3.23. The summed E-state index contributed by atoms with van der Waals surface area (Å²) in [6.07, 6.45) is 2.14. The van der Waals surface area contributed by atoms with Crippen LogP contribution < -0.4 is 9.70 Å². The third kappa shape index (κ3) is 3.73. The van der Waals surface area contributed by atoms with Crippen molar-refractivity contribution in [2.45, 2.75) is 19.4 Å². The molecular weight excluding hydrogens is 454 g/mol. The maximum absolute atomic E-state index is 12.8. The van der Waals surface area contributed by atoms with Crippen LogP contribution in [-0.4, -0.2) is 22.3 Å². The van der Waals surface area contributed by atoms with E-state index in [2.05, 4.69) is 27.5 Å². The number of carbonyl (C=O) groups excluding carboxylic acids is 3. The van der Waals surface area contributed by atoms with Crippen LogP contribution in [0.5, 0.6) is 0 Å². The molecule has 2 heterocycles. The molecule has 3 aromatic rings. The number of benzene rings is 2. The number of nitrogens with zero attached hydrogens (tertiary/aromatic N) is 3. The van der Waals surface area contributed by atoms with Gasteiger partial charge in [-0.1, -0.05) is 39.4 Å². The van der Waals surface area contributed by atoms with Crippen molar-refractivity contribution in [2.75, 3.05) is 4.90 Å². The van der Waals surface area contributed by atoms with E-state index in [4.69, 9.17) is 0 Å². The van der Waals surface area contributed by atoms with Crippen LogP contribution in [0.25, 0.3) is 10.2 Å². The number of rotatable bonds is 4. The maximum Gasteiger partial charge on any atom is 0.279 e. The number of aromatic nitrogens is 1. The van der Waals surface area contributed by atoms with Gasteiger partial charge in [-0.15, -0.1) is 6.58 Å². The highest BCUT2D eigenvalue weighted by Gasteiger charge is 2.30. The van der Waals surface area contributed by atoms with Gasteiger partial charge in [0.2, 0.25) is 11.8 Å². The molecule has 1 aliphatic heterocycles. The minimum atomic E-state index is -0.436. The molecule has 1 aromatic heterocycles. The lowest BCUT2D eigenvalue weighted by molar-refractivity contribution is -0.121. The Morgan fingerprint density at radius 1 is 1.17 bits per heavy atom. The summed E-state index contributed by atoms with van der Waals surface area (Å²) < 4.78 is 3.87. The SMILES string of the molecule is C=CCn1c(=NC(=O)c2cccc(N3C(=O)CCC3=O)c2)sc2cc(Br)ccc21. The van der Waals surface area contributed by atoms with Gasteiger partial charge in [0, 0.05) is 29.4 Å². The van der Waals surface area contributed by atoms with Crippen molar-refractivity contribution in [3.05, 3.63) is 70.0 Å². The predicted octanol–water partition coefficient (Wildman–Crippen LogP) is 4.05. The van der Waals surface area contributed by atoms with Gasteiger partial charge in [0.25, 0.3) is 5.91 Å². The molecule has 0 radical (unpaired) electrons. The van der Waals surface area contributed by atoms with Crippen molar-refractivity contribution in [2.24, 2.45) is 4.99 Å². The van der Waals surface area contributed by atoms with E-state index < -0.39 is 5.91 Å². The van der Waals surface area contributed by atoms with Crippen molar-refractivity contribution in [1.82, 2.24) is 4.57 Å². The smallest absolute Gasteiger partial charge is 0.279 e. The Kier molecular flexibility index (Phi) is 5.29. The van der Waals surface area contributed by atoms with E-state index >= 15 is 0 Å². The summed E-state index contributed by atoms with van der Waals surface area (Å²) >= 11 is 4.87. The van der Waals surface area contributed by atoms with E-state index in [0.29, 0.717) is 22.6 Å². The molecule has 0 unspecified atom stereocenters. The third-order valence-electron chi connectivity index (χ3n) is 4.56. The highest BCUT2D eigenvalue weighted by Crippen LogP contribution is 2.24. The molecule has 1 saturated heterocycles. The minimum absolute atomic E-state index is 0.195. The largest absolute Gasteiger partial charge is 0.312 e. The molecule has 0 bridgehead atoms. The van der Waals surface area contributed by atoms with Gasteiger partial charge in [-0.3, -0.25) is 19.3 Å². The van der Waals surface area contributed by atoms with Gasteiger partial charge in [-0.05, 0) is 36.4 Å². The van der Waals surface area contributed by atoms with Gasteiger partial charge in [0.1, 0.15) is 0 Å². The second kappa shape index (κ2) is 7.88. The molecular formula is C21H16BrN3O3S.